The van der Waals surface area contributed by atoms with E-state index >= 15 is 0 Å². The summed E-state index contributed by atoms with van der Waals surface area (Å²) in [5.41, 5.74) is 6.08. The van der Waals surface area contributed by atoms with Crippen molar-refractivity contribution in [1.82, 2.24) is 4.90 Å². The Morgan fingerprint density at radius 3 is 3.00 bits per heavy atom. The van der Waals surface area contributed by atoms with Gasteiger partial charge in [-0.15, -0.1) is 0 Å². The summed E-state index contributed by atoms with van der Waals surface area (Å²) in [6.45, 7) is 1.68. The summed E-state index contributed by atoms with van der Waals surface area (Å²) in [6.07, 6.45) is 2.24. The van der Waals surface area contributed by atoms with E-state index in [0.29, 0.717) is 22.6 Å². The summed E-state index contributed by atoms with van der Waals surface area (Å²) in [6, 6.07) is 7.35. The van der Waals surface area contributed by atoms with Gasteiger partial charge in [0.2, 0.25) is 0 Å². The van der Waals surface area contributed by atoms with E-state index in [1.54, 1.807) is 24.3 Å². The minimum absolute atomic E-state index is 0.0339. The van der Waals surface area contributed by atoms with Gasteiger partial charge in [0.1, 0.15) is 5.75 Å². The largest absolute Gasteiger partial charge is 0.484 e. The third-order valence-electron chi connectivity index (χ3n) is 4.42. The molecule has 0 aromatic heterocycles. The number of hydrogen-bond donors (Lipinski definition) is 1. The SMILES string of the molecule is NC1CCC2CN(C(=O)COc3cccc(Cl)c3)CC12. The zero-order chi connectivity index (χ0) is 14.1. The van der Waals surface area contributed by atoms with E-state index in [1.165, 1.54) is 0 Å². The minimum Gasteiger partial charge on any atom is -0.484 e. The van der Waals surface area contributed by atoms with Crippen molar-refractivity contribution in [1.29, 1.82) is 0 Å². The monoisotopic (exact) mass is 294 g/mol. The van der Waals surface area contributed by atoms with Crippen LogP contribution < -0.4 is 10.5 Å². The van der Waals surface area contributed by atoms with Crippen LogP contribution in [-0.4, -0.2) is 36.5 Å². The normalized spacial score (nSPS) is 28.5. The molecule has 20 heavy (non-hydrogen) atoms. The van der Waals surface area contributed by atoms with Crippen LogP contribution >= 0.6 is 11.6 Å². The zero-order valence-corrected chi connectivity index (χ0v) is 12.1. The van der Waals surface area contributed by atoms with Crippen LogP contribution in [0.15, 0.2) is 24.3 Å². The Labute approximate surface area is 123 Å². The maximum Gasteiger partial charge on any atom is 0.260 e. The number of carbonyl (C=O) groups is 1. The fourth-order valence-electron chi connectivity index (χ4n) is 3.30. The maximum absolute atomic E-state index is 12.2. The first-order chi connectivity index (χ1) is 9.63. The second-order valence-corrected chi connectivity index (χ2v) is 6.15. The van der Waals surface area contributed by atoms with Gasteiger partial charge in [0.25, 0.3) is 5.91 Å². The van der Waals surface area contributed by atoms with Gasteiger partial charge in [-0.25, -0.2) is 0 Å². The molecule has 0 bridgehead atoms. The number of benzene rings is 1. The third-order valence-corrected chi connectivity index (χ3v) is 4.66. The lowest BCUT2D eigenvalue weighted by molar-refractivity contribution is -0.132. The zero-order valence-electron chi connectivity index (χ0n) is 11.3. The van der Waals surface area contributed by atoms with Gasteiger partial charge in [0, 0.05) is 24.2 Å². The van der Waals surface area contributed by atoms with Crippen molar-refractivity contribution in [3.63, 3.8) is 0 Å². The predicted molar refractivity (Wildman–Crippen MR) is 77.7 cm³/mol. The molecule has 3 rings (SSSR count). The van der Waals surface area contributed by atoms with Crippen LogP contribution in [0.1, 0.15) is 12.8 Å². The molecule has 2 fully saturated rings. The molecular formula is C15H19ClN2O2. The van der Waals surface area contributed by atoms with E-state index in [1.807, 2.05) is 4.90 Å². The second kappa shape index (κ2) is 5.62. The molecule has 5 heteroatoms. The van der Waals surface area contributed by atoms with Crippen molar-refractivity contribution in [3.05, 3.63) is 29.3 Å². The van der Waals surface area contributed by atoms with Crippen molar-refractivity contribution in [2.45, 2.75) is 18.9 Å². The van der Waals surface area contributed by atoms with Crippen LogP contribution in [0.2, 0.25) is 5.02 Å². The smallest absolute Gasteiger partial charge is 0.260 e. The minimum atomic E-state index is 0.0339. The Morgan fingerprint density at radius 1 is 1.40 bits per heavy atom. The highest BCUT2D eigenvalue weighted by atomic mass is 35.5. The molecule has 0 spiro atoms. The van der Waals surface area contributed by atoms with Crippen LogP contribution in [0.5, 0.6) is 5.75 Å². The van der Waals surface area contributed by atoms with E-state index in [4.69, 9.17) is 22.1 Å². The van der Waals surface area contributed by atoms with Crippen molar-refractivity contribution >= 4 is 17.5 Å². The first-order valence-electron chi connectivity index (χ1n) is 7.05. The lowest BCUT2D eigenvalue weighted by atomic mass is 9.98. The van der Waals surface area contributed by atoms with Gasteiger partial charge in [0.05, 0.1) is 0 Å². The van der Waals surface area contributed by atoms with Gasteiger partial charge in [-0.05, 0) is 42.9 Å². The fourth-order valence-corrected chi connectivity index (χ4v) is 3.48. The fraction of sp³-hybridized carbons (Fsp3) is 0.533. The van der Waals surface area contributed by atoms with E-state index in [0.717, 1.165) is 25.9 Å². The molecule has 1 aliphatic carbocycles. The van der Waals surface area contributed by atoms with Gasteiger partial charge in [-0.1, -0.05) is 17.7 Å². The number of carbonyl (C=O) groups excluding carboxylic acids is 1. The molecule has 1 aliphatic heterocycles. The lowest BCUT2D eigenvalue weighted by Crippen LogP contribution is -2.36. The van der Waals surface area contributed by atoms with Gasteiger partial charge >= 0.3 is 0 Å². The Bertz CT molecular complexity index is 508. The second-order valence-electron chi connectivity index (χ2n) is 5.71. The van der Waals surface area contributed by atoms with Crippen molar-refractivity contribution in [2.24, 2.45) is 17.6 Å². The number of amides is 1. The molecule has 4 nitrogen and oxygen atoms in total. The molecule has 3 unspecified atom stereocenters. The van der Waals surface area contributed by atoms with Gasteiger partial charge in [-0.2, -0.15) is 0 Å². The van der Waals surface area contributed by atoms with Crippen LogP contribution in [-0.2, 0) is 4.79 Å². The summed E-state index contributed by atoms with van der Waals surface area (Å²) in [4.78, 5) is 14.1. The molecule has 1 aromatic carbocycles. The molecular weight excluding hydrogens is 276 g/mol. The Kier molecular flexibility index (Phi) is 3.85. The van der Waals surface area contributed by atoms with Gasteiger partial charge < -0.3 is 15.4 Å². The topological polar surface area (TPSA) is 55.6 Å². The summed E-state index contributed by atoms with van der Waals surface area (Å²) in [5, 5.41) is 0.608. The molecule has 1 saturated carbocycles. The average molecular weight is 295 g/mol. The number of halogens is 1. The standard InChI is InChI=1S/C15H19ClN2O2/c16-11-2-1-3-12(6-11)20-9-15(19)18-7-10-4-5-14(17)13(10)8-18/h1-3,6,10,13-14H,4-5,7-9,17H2. The quantitative estimate of drug-likeness (QED) is 0.926. The van der Waals surface area contributed by atoms with Crippen molar-refractivity contribution < 1.29 is 9.53 Å². The number of hydrogen-bond acceptors (Lipinski definition) is 3. The molecule has 0 radical (unpaired) electrons. The third kappa shape index (κ3) is 2.76. The summed E-state index contributed by atoms with van der Waals surface area (Å²) in [5.74, 6) is 1.72. The molecule has 1 amide bonds. The van der Waals surface area contributed by atoms with E-state index < -0.39 is 0 Å². The van der Waals surface area contributed by atoms with Crippen LogP contribution in [0.25, 0.3) is 0 Å². The predicted octanol–water partition coefficient (Wildman–Crippen LogP) is 1.91. The van der Waals surface area contributed by atoms with Gasteiger partial charge in [0.15, 0.2) is 6.61 Å². The van der Waals surface area contributed by atoms with Crippen molar-refractivity contribution in [2.75, 3.05) is 19.7 Å². The number of nitrogens with two attached hydrogens (primary N) is 1. The number of ether oxygens (including phenoxy) is 1. The highest BCUT2D eigenvalue weighted by molar-refractivity contribution is 6.30. The highest BCUT2D eigenvalue weighted by Crippen LogP contribution is 2.37. The maximum atomic E-state index is 12.2. The molecule has 3 atom stereocenters. The highest BCUT2D eigenvalue weighted by Gasteiger charge is 2.42. The van der Waals surface area contributed by atoms with Crippen LogP contribution in [0, 0.1) is 11.8 Å². The number of likely N-dealkylation sites (tertiary alicyclic amines) is 1. The first kappa shape index (κ1) is 13.7. The van der Waals surface area contributed by atoms with Crippen molar-refractivity contribution in [3.8, 4) is 5.75 Å². The number of fused-ring (bicyclic) bond motifs is 1. The molecule has 1 heterocycles. The summed E-state index contributed by atoms with van der Waals surface area (Å²) < 4.78 is 5.50. The Balaban J connectivity index is 1.53. The van der Waals surface area contributed by atoms with Gasteiger partial charge in [-0.3, -0.25) is 4.79 Å². The Morgan fingerprint density at radius 2 is 2.25 bits per heavy atom. The average Bonchev–Trinajstić information content (AvgIpc) is 2.99. The molecule has 108 valence electrons. The summed E-state index contributed by atoms with van der Waals surface area (Å²) >= 11 is 5.88. The van der Waals surface area contributed by atoms with E-state index in [-0.39, 0.29) is 18.6 Å². The lowest BCUT2D eigenvalue weighted by Gasteiger charge is -2.19. The molecule has 2 N–H and O–H groups in total. The first-order valence-corrected chi connectivity index (χ1v) is 7.43. The Hall–Kier alpha value is -1.26. The van der Waals surface area contributed by atoms with Crippen LogP contribution in [0.3, 0.4) is 0 Å². The van der Waals surface area contributed by atoms with Crippen LogP contribution in [0.4, 0.5) is 0 Å². The summed E-state index contributed by atoms with van der Waals surface area (Å²) in [7, 11) is 0. The molecule has 1 aromatic rings. The number of nitrogens with zero attached hydrogens (tertiary/aromatic N) is 1. The number of rotatable bonds is 3. The molecule has 1 saturated heterocycles. The van der Waals surface area contributed by atoms with E-state index in [9.17, 15) is 4.79 Å². The molecule has 2 aliphatic rings. The van der Waals surface area contributed by atoms with E-state index in [2.05, 4.69) is 0 Å².